The lowest BCUT2D eigenvalue weighted by molar-refractivity contribution is 0.100. The number of rotatable bonds is 3. The van der Waals surface area contributed by atoms with E-state index in [1.54, 1.807) is 0 Å². The molecule has 1 aliphatic carbocycles. The first kappa shape index (κ1) is 13.3. The summed E-state index contributed by atoms with van der Waals surface area (Å²) < 4.78 is 0. The second-order valence-corrected chi connectivity index (χ2v) is 6.19. The van der Waals surface area contributed by atoms with Crippen molar-refractivity contribution in [1.29, 1.82) is 0 Å². The Kier molecular flexibility index (Phi) is 3.86. The highest BCUT2D eigenvalue weighted by Crippen LogP contribution is 2.42. The molecule has 2 N–H and O–H groups in total. The number of hydrogen-bond acceptors (Lipinski definition) is 2. The van der Waals surface area contributed by atoms with E-state index in [1.807, 2.05) is 12.1 Å². The molecule has 1 aromatic carbocycles. The second kappa shape index (κ2) is 5.23. The van der Waals surface area contributed by atoms with Gasteiger partial charge < -0.3 is 5.73 Å². The van der Waals surface area contributed by atoms with E-state index in [-0.39, 0.29) is 12.3 Å². The maximum atomic E-state index is 11.5. The summed E-state index contributed by atoms with van der Waals surface area (Å²) in [5.74, 6) is 0.686. The van der Waals surface area contributed by atoms with Gasteiger partial charge in [-0.25, -0.2) is 0 Å². The molecular weight excluding hydrogens is 222 g/mol. The molecule has 2 nitrogen and oxygen atoms in total. The topological polar surface area (TPSA) is 43.1 Å². The SMILES string of the molecule is CC1(C)CCC(c2ccc(C(=O)CN)cc2)CC1. The van der Waals surface area contributed by atoms with E-state index in [9.17, 15) is 4.79 Å². The number of hydrogen-bond donors (Lipinski definition) is 1. The van der Waals surface area contributed by atoms with Crippen molar-refractivity contribution in [3.05, 3.63) is 35.4 Å². The summed E-state index contributed by atoms with van der Waals surface area (Å²) in [6.45, 7) is 4.80. The average Bonchev–Trinajstić information content (AvgIpc) is 2.38. The van der Waals surface area contributed by atoms with Gasteiger partial charge in [0, 0.05) is 5.56 Å². The molecule has 0 heterocycles. The van der Waals surface area contributed by atoms with Gasteiger partial charge in [-0.2, -0.15) is 0 Å². The molecule has 1 aliphatic rings. The van der Waals surface area contributed by atoms with Gasteiger partial charge in [0.2, 0.25) is 0 Å². The smallest absolute Gasteiger partial charge is 0.176 e. The molecule has 0 bridgehead atoms. The van der Waals surface area contributed by atoms with Crippen molar-refractivity contribution in [2.75, 3.05) is 6.54 Å². The Balaban J connectivity index is 2.04. The zero-order valence-electron chi connectivity index (χ0n) is 11.4. The first-order valence-electron chi connectivity index (χ1n) is 6.85. The van der Waals surface area contributed by atoms with Crippen LogP contribution in [-0.4, -0.2) is 12.3 Å². The lowest BCUT2D eigenvalue weighted by Crippen LogP contribution is -2.20. The maximum absolute atomic E-state index is 11.5. The third-order valence-electron chi connectivity index (χ3n) is 4.23. The largest absolute Gasteiger partial charge is 0.324 e. The Labute approximate surface area is 110 Å². The summed E-state index contributed by atoms with van der Waals surface area (Å²) in [5.41, 5.74) is 7.98. The van der Waals surface area contributed by atoms with Crippen LogP contribution < -0.4 is 5.73 Å². The van der Waals surface area contributed by atoms with Crippen molar-refractivity contribution in [1.82, 2.24) is 0 Å². The molecule has 1 fully saturated rings. The molecule has 2 heteroatoms. The Morgan fingerprint density at radius 3 is 2.28 bits per heavy atom. The van der Waals surface area contributed by atoms with Gasteiger partial charge in [-0.15, -0.1) is 0 Å². The Hall–Kier alpha value is -1.15. The number of benzene rings is 1. The average molecular weight is 245 g/mol. The van der Waals surface area contributed by atoms with Gasteiger partial charge in [0.15, 0.2) is 5.78 Å². The predicted octanol–water partition coefficient (Wildman–Crippen LogP) is 3.51. The van der Waals surface area contributed by atoms with E-state index in [4.69, 9.17) is 5.73 Å². The summed E-state index contributed by atoms with van der Waals surface area (Å²) in [6, 6.07) is 8.05. The minimum Gasteiger partial charge on any atom is -0.324 e. The Morgan fingerprint density at radius 1 is 1.22 bits per heavy atom. The number of Topliss-reactive ketones (excluding diaryl/α,β-unsaturated/α-hetero) is 1. The molecule has 0 aliphatic heterocycles. The number of carbonyl (C=O) groups excluding carboxylic acids is 1. The second-order valence-electron chi connectivity index (χ2n) is 6.19. The number of ketones is 1. The quantitative estimate of drug-likeness (QED) is 0.828. The molecule has 1 aromatic rings. The van der Waals surface area contributed by atoms with Crippen LogP contribution in [0.4, 0.5) is 0 Å². The standard InChI is InChI=1S/C16H23NO/c1-16(2)9-7-13(8-10-16)12-3-5-14(6-4-12)15(18)11-17/h3-6,13H,7-11,17H2,1-2H3. The molecule has 2 rings (SSSR count). The first-order valence-corrected chi connectivity index (χ1v) is 6.85. The molecule has 0 atom stereocenters. The van der Waals surface area contributed by atoms with Crippen molar-refractivity contribution in [2.45, 2.75) is 45.4 Å². The fourth-order valence-electron chi connectivity index (χ4n) is 2.79. The molecule has 0 amide bonds. The van der Waals surface area contributed by atoms with Crippen LogP contribution >= 0.6 is 0 Å². The molecular formula is C16H23NO. The van der Waals surface area contributed by atoms with E-state index in [0.717, 1.165) is 5.56 Å². The van der Waals surface area contributed by atoms with Crippen molar-refractivity contribution in [3.8, 4) is 0 Å². The normalized spacial score (nSPS) is 19.7. The van der Waals surface area contributed by atoms with E-state index >= 15 is 0 Å². The van der Waals surface area contributed by atoms with Crippen LogP contribution in [0.25, 0.3) is 0 Å². The fourth-order valence-corrected chi connectivity index (χ4v) is 2.79. The summed E-state index contributed by atoms with van der Waals surface area (Å²) in [4.78, 5) is 11.5. The predicted molar refractivity (Wildman–Crippen MR) is 74.8 cm³/mol. The summed E-state index contributed by atoms with van der Waals surface area (Å²) >= 11 is 0. The Bertz CT molecular complexity index is 409. The van der Waals surface area contributed by atoms with Crippen LogP contribution in [0.1, 0.15) is 61.4 Å². The molecule has 1 saturated carbocycles. The van der Waals surface area contributed by atoms with Crippen molar-refractivity contribution in [3.63, 3.8) is 0 Å². The van der Waals surface area contributed by atoms with Gasteiger partial charge >= 0.3 is 0 Å². The minimum absolute atomic E-state index is 0.0197. The van der Waals surface area contributed by atoms with Gasteiger partial charge in [-0.05, 0) is 42.6 Å². The summed E-state index contributed by atoms with van der Waals surface area (Å²) in [7, 11) is 0. The highest BCUT2D eigenvalue weighted by molar-refractivity contribution is 5.97. The summed E-state index contributed by atoms with van der Waals surface area (Å²) in [5, 5.41) is 0. The number of carbonyl (C=O) groups is 1. The molecule has 0 unspecified atom stereocenters. The monoisotopic (exact) mass is 245 g/mol. The maximum Gasteiger partial charge on any atom is 0.176 e. The van der Waals surface area contributed by atoms with Crippen LogP contribution in [0, 0.1) is 5.41 Å². The highest BCUT2D eigenvalue weighted by Gasteiger charge is 2.27. The molecule has 0 spiro atoms. The van der Waals surface area contributed by atoms with Gasteiger partial charge in [-0.3, -0.25) is 4.79 Å². The van der Waals surface area contributed by atoms with Gasteiger partial charge in [0.25, 0.3) is 0 Å². The van der Waals surface area contributed by atoms with Crippen LogP contribution in [0.15, 0.2) is 24.3 Å². The minimum atomic E-state index is 0.0197. The third kappa shape index (κ3) is 2.99. The van der Waals surface area contributed by atoms with E-state index < -0.39 is 0 Å². The van der Waals surface area contributed by atoms with Crippen molar-refractivity contribution < 1.29 is 4.79 Å². The number of nitrogens with two attached hydrogens (primary N) is 1. The van der Waals surface area contributed by atoms with Gasteiger partial charge in [0.1, 0.15) is 0 Å². The molecule has 98 valence electrons. The van der Waals surface area contributed by atoms with E-state index in [0.29, 0.717) is 11.3 Å². The van der Waals surface area contributed by atoms with E-state index in [1.165, 1.54) is 31.2 Å². The van der Waals surface area contributed by atoms with Crippen LogP contribution in [-0.2, 0) is 0 Å². The van der Waals surface area contributed by atoms with Crippen molar-refractivity contribution >= 4 is 5.78 Å². The molecule has 0 radical (unpaired) electrons. The highest BCUT2D eigenvalue weighted by atomic mass is 16.1. The third-order valence-corrected chi connectivity index (χ3v) is 4.23. The fraction of sp³-hybridized carbons (Fsp3) is 0.562. The zero-order valence-corrected chi connectivity index (χ0v) is 11.4. The van der Waals surface area contributed by atoms with Gasteiger partial charge in [-0.1, -0.05) is 38.1 Å². The van der Waals surface area contributed by atoms with Gasteiger partial charge in [0.05, 0.1) is 6.54 Å². The zero-order chi connectivity index (χ0) is 13.2. The van der Waals surface area contributed by atoms with Crippen LogP contribution in [0.5, 0.6) is 0 Å². The molecule has 18 heavy (non-hydrogen) atoms. The van der Waals surface area contributed by atoms with Crippen LogP contribution in [0.2, 0.25) is 0 Å². The first-order chi connectivity index (χ1) is 8.52. The summed E-state index contributed by atoms with van der Waals surface area (Å²) in [6.07, 6.45) is 5.11. The van der Waals surface area contributed by atoms with Crippen molar-refractivity contribution in [2.24, 2.45) is 11.1 Å². The lowest BCUT2D eigenvalue weighted by Gasteiger charge is -2.34. The van der Waals surface area contributed by atoms with Crippen LogP contribution in [0.3, 0.4) is 0 Å². The van der Waals surface area contributed by atoms with E-state index in [2.05, 4.69) is 26.0 Å². The molecule has 0 aromatic heterocycles. The molecule has 0 saturated heterocycles. The lowest BCUT2D eigenvalue weighted by atomic mass is 9.71. The Morgan fingerprint density at radius 2 is 1.78 bits per heavy atom.